The molecule has 2 N–H and O–H groups in total. The van der Waals surface area contributed by atoms with Gasteiger partial charge in [0, 0.05) is 12.8 Å². The van der Waals surface area contributed by atoms with Crippen molar-refractivity contribution in [1.29, 1.82) is 0 Å². The van der Waals surface area contributed by atoms with E-state index in [4.69, 9.17) is 9.47 Å². The van der Waals surface area contributed by atoms with E-state index in [0.717, 1.165) is 32.1 Å². The fraction of sp³-hybridized carbons (Fsp3) is 0.697. The van der Waals surface area contributed by atoms with Crippen molar-refractivity contribution in [3.05, 3.63) is 48.6 Å². The van der Waals surface area contributed by atoms with Crippen molar-refractivity contribution in [1.82, 2.24) is 0 Å². The molecule has 0 aliphatic rings. The van der Waals surface area contributed by atoms with E-state index in [9.17, 15) is 19.8 Å². The van der Waals surface area contributed by atoms with E-state index < -0.39 is 18.2 Å². The number of aliphatic hydroxyl groups excluding tert-OH is 2. The lowest BCUT2D eigenvalue weighted by atomic mass is 10.1. The molecular formula is C33H56O6. The lowest BCUT2D eigenvalue weighted by Gasteiger charge is -2.15. The summed E-state index contributed by atoms with van der Waals surface area (Å²) in [6, 6.07) is 0. The number of hydrogen-bond acceptors (Lipinski definition) is 6. The average Bonchev–Trinajstić information content (AvgIpc) is 2.93. The standard InChI is InChI=1S/C33H56O6/c1-3-5-7-9-11-12-14-16-20-24-30(35)25-21-17-15-19-23-27-33(37)39-31(28-34)29-38-32(36)26-22-18-13-10-8-6-4-2/h11-12,15-17,20-21,25,30-31,34-35H,3-10,13-14,18-19,22-24,26-29H2,1-2H3/b12-11-,17-15+,20-16-,25-21-/t30?,31-/m0/s1. The van der Waals surface area contributed by atoms with Gasteiger partial charge in [-0.05, 0) is 44.9 Å². The Morgan fingerprint density at radius 1 is 0.718 bits per heavy atom. The minimum absolute atomic E-state index is 0.116. The number of allylic oxidation sites excluding steroid dienone is 6. The van der Waals surface area contributed by atoms with Crippen LogP contribution < -0.4 is 0 Å². The third kappa shape index (κ3) is 27.2. The Morgan fingerprint density at radius 2 is 1.36 bits per heavy atom. The molecular weight excluding hydrogens is 492 g/mol. The van der Waals surface area contributed by atoms with Crippen LogP contribution in [0.15, 0.2) is 48.6 Å². The molecule has 0 aliphatic carbocycles. The summed E-state index contributed by atoms with van der Waals surface area (Å²) < 4.78 is 10.4. The molecule has 0 aromatic rings. The van der Waals surface area contributed by atoms with E-state index in [1.54, 1.807) is 6.08 Å². The summed E-state index contributed by atoms with van der Waals surface area (Å²) >= 11 is 0. The van der Waals surface area contributed by atoms with Crippen LogP contribution in [0.3, 0.4) is 0 Å². The number of rotatable bonds is 26. The van der Waals surface area contributed by atoms with Gasteiger partial charge in [-0.25, -0.2) is 0 Å². The Kier molecular flexibility index (Phi) is 27.2. The molecule has 0 spiro atoms. The van der Waals surface area contributed by atoms with Gasteiger partial charge in [0.2, 0.25) is 0 Å². The quantitative estimate of drug-likeness (QED) is 0.0498. The topological polar surface area (TPSA) is 93.1 Å². The number of ether oxygens (including phenoxy) is 2. The highest BCUT2D eigenvalue weighted by molar-refractivity contribution is 5.70. The maximum absolute atomic E-state index is 12.0. The monoisotopic (exact) mass is 548 g/mol. The Hall–Kier alpha value is -2.18. The van der Waals surface area contributed by atoms with Crippen molar-refractivity contribution in [3.8, 4) is 0 Å². The number of hydrogen-bond donors (Lipinski definition) is 2. The zero-order valence-corrected chi connectivity index (χ0v) is 24.7. The zero-order chi connectivity index (χ0) is 28.8. The van der Waals surface area contributed by atoms with Crippen LogP contribution in [0, 0.1) is 0 Å². The number of carbonyl (C=O) groups excluding carboxylic acids is 2. The van der Waals surface area contributed by atoms with Crippen LogP contribution >= 0.6 is 0 Å². The van der Waals surface area contributed by atoms with Crippen molar-refractivity contribution in [3.63, 3.8) is 0 Å². The van der Waals surface area contributed by atoms with Gasteiger partial charge in [0.25, 0.3) is 0 Å². The summed E-state index contributed by atoms with van der Waals surface area (Å²) in [5, 5.41) is 19.4. The summed E-state index contributed by atoms with van der Waals surface area (Å²) in [6.07, 6.45) is 30.6. The Balaban J connectivity index is 3.87. The minimum Gasteiger partial charge on any atom is -0.462 e. The van der Waals surface area contributed by atoms with E-state index in [1.807, 2.05) is 24.3 Å². The number of aliphatic hydroxyl groups is 2. The fourth-order valence-corrected chi connectivity index (χ4v) is 3.80. The van der Waals surface area contributed by atoms with Crippen molar-refractivity contribution >= 4 is 11.9 Å². The largest absolute Gasteiger partial charge is 0.462 e. The minimum atomic E-state index is -0.827. The van der Waals surface area contributed by atoms with Gasteiger partial charge in [0.15, 0.2) is 6.10 Å². The molecule has 0 rings (SSSR count). The third-order valence-electron chi connectivity index (χ3n) is 6.21. The summed E-state index contributed by atoms with van der Waals surface area (Å²) in [6.45, 7) is 3.90. The maximum atomic E-state index is 12.0. The molecule has 6 nitrogen and oxygen atoms in total. The van der Waals surface area contributed by atoms with E-state index in [1.165, 1.54) is 44.9 Å². The highest BCUT2D eigenvalue weighted by Crippen LogP contribution is 2.09. The molecule has 0 saturated heterocycles. The first-order chi connectivity index (χ1) is 19.0. The maximum Gasteiger partial charge on any atom is 0.306 e. The van der Waals surface area contributed by atoms with Crippen molar-refractivity contribution in [2.24, 2.45) is 0 Å². The molecule has 2 atom stereocenters. The predicted molar refractivity (Wildman–Crippen MR) is 160 cm³/mol. The lowest BCUT2D eigenvalue weighted by Crippen LogP contribution is -2.28. The Morgan fingerprint density at radius 3 is 2.10 bits per heavy atom. The molecule has 1 unspecified atom stereocenters. The van der Waals surface area contributed by atoms with Crippen molar-refractivity contribution in [2.45, 2.75) is 135 Å². The van der Waals surface area contributed by atoms with Gasteiger partial charge < -0.3 is 19.7 Å². The van der Waals surface area contributed by atoms with Crippen LogP contribution in [0.2, 0.25) is 0 Å². The van der Waals surface area contributed by atoms with E-state index in [-0.39, 0.29) is 25.6 Å². The highest BCUT2D eigenvalue weighted by Gasteiger charge is 2.15. The number of unbranched alkanes of at least 4 members (excludes halogenated alkanes) is 10. The zero-order valence-electron chi connectivity index (χ0n) is 24.7. The summed E-state index contributed by atoms with van der Waals surface area (Å²) in [4.78, 5) is 23.9. The molecule has 39 heavy (non-hydrogen) atoms. The van der Waals surface area contributed by atoms with E-state index in [2.05, 4.69) is 32.1 Å². The smallest absolute Gasteiger partial charge is 0.306 e. The van der Waals surface area contributed by atoms with Gasteiger partial charge in [-0.3, -0.25) is 9.59 Å². The molecule has 0 radical (unpaired) electrons. The second-order valence-electron chi connectivity index (χ2n) is 10.0. The van der Waals surface area contributed by atoms with Gasteiger partial charge in [-0.2, -0.15) is 0 Å². The van der Waals surface area contributed by atoms with Crippen LogP contribution in [0.4, 0.5) is 0 Å². The first-order valence-corrected chi connectivity index (χ1v) is 15.3. The molecule has 0 fully saturated rings. The van der Waals surface area contributed by atoms with Gasteiger partial charge in [0.1, 0.15) is 6.61 Å². The molecule has 6 heteroatoms. The SMILES string of the molecule is CCCCC/C=C\C/C=C\CC(O)/C=C\C=C\CCCC(=O)O[C@@H](CO)COC(=O)CCCCCCCCC. The predicted octanol–water partition coefficient (Wildman–Crippen LogP) is 7.69. The van der Waals surface area contributed by atoms with Crippen LogP contribution in [-0.2, 0) is 19.1 Å². The van der Waals surface area contributed by atoms with Gasteiger partial charge >= 0.3 is 11.9 Å². The number of carbonyl (C=O) groups is 2. The van der Waals surface area contributed by atoms with Crippen LogP contribution in [0.5, 0.6) is 0 Å². The van der Waals surface area contributed by atoms with Gasteiger partial charge in [0.05, 0.1) is 12.7 Å². The molecule has 224 valence electrons. The second kappa shape index (κ2) is 28.8. The van der Waals surface area contributed by atoms with E-state index >= 15 is 0 Å². The van der Waals surface area contributed by atoms with E-state index in [0.29, 0.717) is 25.7 Å². The van der Waals surface area contributed by atoms with Crippen LogP contribution in [0.25, 0.3) is 0 Å². The summed E-state index contributed by atoms with van der Waals surface area (Å²) in [7, 11) is 0. The molecule has 0 amide bonds. The van der Waals surface area contributed by atoms with Crippen molar-refractivity contribution < 1.29 is 29.3 Å². The van der Waals surface area contributed by atoms with Crippen molar-refractivity contribution in [2.75, 3.05) is 13.2 Å². The summed E-state index contributed by atoms with van der Waals surface area (Å²) in [5.41, 5.74) is 0. The summed E-state index contributed by atoms with van der Waals surface area (Å²) in [5.74, 6) is -0.734. The molecule has 0 aliphatic heterocycles. The Bertz CT molecular complexity index is 694. The normalized spacial score (nSPS) is 13.6. The average molecular weight is 549 g/mol. The second-order valence-corrected chi connectivity index (χ2v) is 10.0. The Labute approximate surface area is 238 Å². The molecule has 0 heterocycles. The first kappa shape index (κ1) is 36.8. The van der Waals surface area contributed by atoms with Crippen LogP contribution in [0.1, 0.15) is 123 Å². The lowest BCUT2D eigenvalue weighted by molar-refractivity contribution is -0.161. The van der Waals surface area contributed by atoms with Crippen LogP contribution in [-0.4, -0.2) is 47.6 Å². The fourth-order valence-electron chi connectivity index (χ4n) is 3.80. The number of esters is 2. The molecule has 0 aromatic heterocycles. The third-order valence-corrected chi connectivity index (χ3v) is 6.21. The first-order valence-electron chi connectivity index (χ1n) is 15.3. The van der Waals surface area contributed by atoms with Gasteiger partial charge in [-0.1, -0.05) is 114 Å². The molecule has 0 bridgehead atoms. The molecule has 0 saturated carbocycles. The molecule has 0 aromatic carbocycles. The van der Waals surface area contributed by atoms with Gasteiger partial charge in [-0.15, -0.1) is 0 Å². The highest BCUT2D eigenvalue weighted by atomic mass is 16.6.